The van der Waals surface area contributed by atoms with Gasteiger partial charge in [0.1, 0.15) is 5.75 Å². The predicted molar refractivity (Wildman–Crippen MR) is 119 cm³/mol. The van der Waals surface area contributed by atoms with Crippen molar-refractivity contribution >= 4 is 23.1 Å². The summed E-state index contributed by atoms with van der Waals surface area (Å²) in [6.07, 6.45) is 3.38. The quantitative estimate of drug-likeness (QED) is 0.183. The van der Waals surface area contributed by atoms with Crippen molar-refractivity contribution in [3.8, 4) is 5.75 Å². The van der Waals surface area contributed by atoms with Gasteiger partial charge in [0, 0.05) is 29.3 Å². The van der Waals surface area contributed by atoms with Gasteiger partial charge in [-0.25, -0.2) is 4.98 Å². The van der Waals surface area contributed by atoms with Crippen molar-refractivity contribution in [3.63, 3.8) is 0 Å². The van der Waals surface area contributed by atoms with Crippen LogP contribution in [0.4, 0.5) is 5.69 Å². The Bertz CT molecular complexity index is 1320. The van der Waals surface area contributed by atoms with E-state index in [1.165, 1.54) is 36.3 Å². The van der Waals surface area contributed by atoms with Gasteiger partial charge in [-0.15, -0.1) is 0 Å². The van der Waals surface area contributed by atoms with Gasteiger partial charge in [-0.05, 0) is 41.8 Å². The number of ketones is 1. The molecule has 9 heteroatoms. The summed E-state index contributed by atoms with van der Waals surface area (Å²) < 4.78 is 5.24. The molecule has 1 aliphatic rings. The van der Waals surface area contributed by atoms with Crippen molar-refractivity contribution in [1.82, 2.24) is 4.90 Å². The van der Waals surface area contributed by atoms with E-state index >= 15 is 0 Å². The summed E-state index contributed by atoms with van der Waals surface area (Å²) in [6.45, 7) is 1.80. The molecule has 2 aromatic carbocycles. The highest BCUT2D eigenvalue weighted by Gasteiger charge is 2.44. The fourth-order valence-corrected chi connectivity index (χ4v) is 4.09. The summed E-state index contributed by atoms with van der Waals surface area (Å²) in [5, 5.41) is 24.9. The Balaban J connectivity index is 1.89. The number of aromatic amines is 1. The average molecular weight is 459 g/mol. The number of aryl methyl sites for hydroxylation is 1. The van der Waals surface area contributed by atoms with Gasteiger partial charge in [-0.1, -0.05) is 24.0 Å². The van der Waals surface area contributed by atoms with Crippen LogP contribution < -0.4 is 14.8 Å². The Morgan fingerprint density at radius 2 is 1.94 bits per heavy atom. The molecule has 3 aromatic rings. The van der Waals surface area contributed by atoms with Crippen molar-refractivity contribution in [2.24, 2.45) is 0 Å². The molecule has 0 bridgehead atoms. The minimum absolute atomic E-state index is 0.0354. The molecule has 34 heavy (non-hydrogen) atoms. The third-order valence-corrected chi connectivity index (χ3v) is 5.71. The van der Waals surface area contributed by atoms with E-state index in [1.54, 1.807) is 49.6 Å². The van der Waals surface area contributed by atoms with Crippen LogP contribution in [0.15, 0.2) is 72.6 Å². The first-order valence-corrected chi connectivity index (χ1v) is 10.4. The molecule has 4 rings (SSSR count). The minimum Gasteiger partial charge on any atom is -0.872 e. The smallest absolute Gasteiger partial charge is 0.295 e. The zero-order chi connectivity index (χ0) is 24.4. The lowest BCUT2D eigenvalue weighted by Gasteiger charge is -2.27. The maximum Gasteiger partial charge on any atom is 0.295 e. The van der Waals surface area contributed by atoms with Gasteiger partial charge in [-0.2, -0.15) is 0 Å². The van der Waals surface area contributed by atoms with Crippen LogP contribution in [-0.2, 0) is 16.1 Å². The molecular weight excluding hydrogens is 438 g/mol. The molecule has 2 heterocycles. The van der Waals surface area contributed by atoms with E-state index < -0.39 is 28.4 Å². The highest BCUT2D eigenvalue weighted by molar-refractivity contribution is 6.46. The molecule has 0 aliphatic carbocycles. The number of rotatable bonds is 6. The fourth-order valence-electron chi connectivity index (χ4n) is 4.09. The lowest BCUT2D eigenvalue weighted by Crippen LogP contribution is -2.29. The van der Waals surface area contributed by atoms with Gasteiger partial charge < -0.3 is 14.7 Å². The van der Waals surface area contributed by atoms with Crippen LogP contribution >= 0.6 is 0 Å². The second-order valence-electron chi connectivity index (χ2n) is 7.86. The number of likely N-dealkylation sites (tertiary alicyclic amines) is 1. The Kier molecular flexibility index (Phi) is 6.09. The van der Waals surface area contributed by atoms with Gasteiger partial charge in [0.2, 0.25) is 5.78 Å². The number of nitrogens with one attached hydrogen (secondary N) is 1. The van der Waals surface area contributed by atoms with Crippen LogP contribution in [-0.4, -0.2) is 28.6 Å². The van der Waals surface area contributed by atoms with E-state index in [2.05, 4.69) is 4.98 Å². The van der Waals surface area contributed by atoms with Gasteiger partial charge in [-0.3, -0.25) is 19.7 Å². The van der Waals surface area contributed by atoms with E-state index in [-0.39, 0.29) is 23.4 Å². The van der Waals surface area contributed by atoms with Crippen molar-refractivity contribution in [1.29, 1.82) is 0 Å². The Labute approximate surface area is 195 Å². The van der Waals surface area contributed by atoms with Gasteiger partial charge in [0.15, 0.2) is 12.4 Å². The SMILES string of the molecule is COc1ccc(C([O-])=C2C(=O)C(=O)N(Cc3ccc[nH+]c3)C2c2cccc([N+](=O)[O-])c2)cc1C. The van der Waals surface area contributed by atoms with E-state index in [0.29, 0.717) is 22.4 Å². The molecule has 1 amide bonds. The number of hydrogen-bond donors (Lipinski definition) is 0. The first-order valence-electron chi connectivity index (χ1n) is 10.4. The number of non-ortho nitro benzene ring substituents is 1. The maximum atomic E-state index is 13.5. The first kappa shape index (κ1) is 22.7. The third kappa shape index (κ3) is 4.11. The van der Waals surface area contributed by atoms with Crippen molar-refractivity contribution in [2.45, 2.75) is 19.5 Å². The Hall–Kier alpha value is -4.53. The first-order chi connectivity index (χ1) is 16.3. The summed E-state index contributed by atoms with van der Waals surface area (Å²) in [4.78, 5) is 41.2. The molecule has 1 unspecified atom stereocenters. The molecule has 0 saturated carbocycles. The standard InChI is InChI=1S/C25H21N3O6/c1-15-11-18(8-9-20(15)34-2)23(29)21-22(17-6-3-7-19(12-17)28(32)33)27(25(31)24(21)30)14-16-5-4-10-26-13-16/h3-13,22,29H,14H2,1-2H3. The number of amides is 1. The summed E-state index contributed by atoms with van der Waals surface area (Å²) in [7, 11) is 1.51. The number of methoxy groups -OCH3 is 1. The van der Waals surface area contributed by atoms with Crippen LogP contribution in [0.1, 0.15) is 28.3 Å². The van der Waals surface area contributed by atoms with E-state index in [4.69, 9.17) is 4.74 Å². The molecule has 1 fully saturated rings. The number of nitrogens with zero attached hydrogens (tertiary/aromatic N) is 2. The van der Waals surface area contributed by atoms with E-state index in [0.717, 1.165) is 0 Å². The van der Waals surface area contributed by atoms with Crippen LogP contribution in [0.5, 0.6) is 5.75 Å². The molecule has 9 nitrogen and oxygen atoms in total. The second kappa shape index (κ2) is 9.14. The second-order valence-corrected chi connectivity index (χ2v) is 7.86. The molecule has 172 valence electrons. The summed E-state index contributed by atoms with van der Waals surface area (Å²) >= 11 is 0. The van der Waals surface area contributed by atoms with E-state index in [1.807, 2.05) is 0 Å². The molecule has 1 atom stereocenters. The number of carbonyl (C=O) groups is 2. The lowest BCUT2D eigenvalue weighted by atomic mass is 9.94. The van der Waals surface area contributed by atoms with Crippen molar-refractivity contribution < 1.29 is 29.3 Å². The highest BCUT2D eigenvalue weighted by Crippen LogP contribution is 2.40. The molecular formula is C25H21N3O6. The normalized spacial score (nSPS) is 17.1. The zero-order valence-corrected chi connectivity index (χ0v) is 18.5. The molecule has 1 aliphatic heterocycles. The van der Waals surface area contributed by atoms with Crippen LogP contribution in [0.2, 0.25) is 0 Å². The molecule has 0 spiro atoms. The number of nitro groups is 1. The maximum absolute atomic E-state index is 13.5. The number of Topliss-reactive ketones (excluding diaryl/α,β-unsaturated/α-hetero) is 1. The highest BCUT2D eigenvalue weighted by atomic mass is 16.6. The average Bonchev–Trinajstić information content (AvgIpc) is 3.09. The molecule has 0 radical (unpaired) electrons. The molecule has 1 N–H and O–H groups in total. The van der Waals surface area contributed by atoms with Gasteiger partial charge >= 0.3 is 0 Å². The van der Waals surface area contributed by atoms with E-state index in [9.17, 15) is 24.8 Å². The summed E-state index contributed by atoms with van der Waals surface area (Å²) in [5.74, 6) is -1.79. The molecule has 1 saturated heterocycles. The van der Waals surface area contributed by atoms with Crippen molar-refractivity contribution in [3.05, 3.63) is 105 Å². The number of ether oxygens (including phenoxy) is 1. The van der Waals surface area contributed by atoms with Gasteiger partial charge in [0.25, 0.3) is 11.6 Å². The number of carbonyl (C=O) groups excluding carboxylic acids is 2. The number of H-pyrrole nitrogens is 1. The fraction of sp³-hybridized carbons (Fsp3) is 0.160. The summed E-state index contributed by atoms with van der Waals surface area (Å²) in [6, 6.07) is 12.8. The third-order valence-electron chi connectivity index (χ3n) is 5.71. The summed E-state index contributed by atoms with van der Waals surface area (Å²) in [5.41, 5.74) is 1.48. The minimum atomic E-state index is -1.07. The zero-order valence-electron chi connectivity index (χ0n) is 18.5. The largest absolute Gasteiger partial charge is 0.872 e. The number of nitro benzene ring substituents is 1. The number of hydrogen-bond acceptors (Lipinski definition) is 6. The predicted octanol–water partition coefficient (Wildman–Crippen LogP) is 2.15. The lowest BCUT2D eigenvalue weighted by molar-refractivity contribution is -0.385. The Morgan fingerprint density at radius 3 is 2.59 bits per heavy atom. The number of benzene rings is 2. The number of pyridine rings is 1. The topological polar surface area (TPSA) is 127 Å². The van der Waals surface area contributed by atoms with Gasteiger partial charge in [0.05, 0.1) is 24.6 Å². The monoisotopic (exact) mass is 459 g/mol. The van der Waals surface area contributed by atoms with Crippen LogP contribution in [0.3, 0.4) is 0 Å². The number of aromatic nitrogens is 1. The Morgan fingerprint density at radius 1 is 1.15 bits per heavy atom. The van der Waals surface area contributed by atoms with Crippen molar-refractivity contribution in [2.75, 3.05) is 7.11 Å². The van der Waals surface area contributed by atoms with Crippen LogP contribution in [0.25, 0.3) is 5.76 Å². The van der Waals surface area contributed by atoms with Crippen LogP contribution in [0, 0.1) is 17.0 Å². The molecule has 1 aromatic heterocycles.